The maximum Gasteiger partial charge on any atom is 0.305 e. The van der Waals surface area contributed by atoms with Gasteiger partial charge in [-0.3, -0.25) is 9.59 Å². The molecule has 74 heavy (non-hydrogen) atoms. The van der Waals surface area contributed by atoms with Gasteiger partial charge in [0.05, 0.1) is 25.4 Å². The van der Waals surface area contributed by atoms with Crippen molar-refractivity contribution in [2.45, 2.75) is 360 Å². The number of ether oxygens (including phenoxy) is 1. The van der Waals surface area contributed by atoms with Crippen LogP contribution in [0.5, 0.6) is 0 Å². The van der Waals surface area contributed by atoms with Crippen LogP contribution in [0.2, 0.25) is 0 Å². The summed E-state index contributed by atoms with van der Waals surface area (Å²) in [5, 5.41) is 23.4. The molecule has 0 spiro atoms. The minimum absolute atomic E-state index is 0.0373. The molecule has 0 heterocycles. The largest absolute Gasteiger partial charge is 0.465 e. The Labute approximate surface area is 461 Å². The second-order valence-corrected chi connectivity index (χ2v) is 22.4. The zero-order chi connectivity index (χ0) is 53.6. The van der Waals surface area contributed by atoms with Crippen LogP contribution in [-0.2, 0) is 14.3 Å². The van der Waals surface area contributed by atoms with Crippen LogP contribution in [-0.4, -0.2) is 47.4 Å². The van der Waals surface area contributed by atoms with Crippen molar-refractivity contribution in [2.75, 3.05) is 13.2 Å². The Kier molecular flexibility index (Phi) is 61.5. The molecule has 0 fully saturated rings. The number of carbonyl (C=O) groups excluding carboxylic acids is 2. The van der Waals surface area contributed by atoms with Crippen molar-refractivity contribution in [3.05, 3.63) is 48.6 Å². The molecule has 0 aromatic carbocycles. The molecule has 0 radical (unpaired) electrons. The highest BCUT2D eigenvalue weighted by atomic mass is 16.5. The Morgan fingerprint density at radius 1 is 0.378 bits per heavy atom. The fourth-order valence-corrected chi connectivity index (χ4v) is 10.1. The molecule has 0 saturated carbocycles. The summed E-state index contributed by atoms with van der Waals surface area (Å²) in [5.74, 6) is -0.0863. The Morgan fingerprint density at radius 3 is 1.05 bits per heavy atom. The topological polar surface area (TPSA) is 95.9 Å². The molecule has 6 nitrogen and oxygen atoms in total. The molecule has 0 aromatic heterocycles. The molecule has 3 N–H and O–H groups in total. The van der Waals surface area contributed by atoms with Gasteiger partial charge >= 0.3 is 5.97 Å². The number of aliphatic hydroxyl groups is 2. The van der Waals surface area contributed by atoms with Gasteiger partial charge in [-0.05, 0) is 77.0 Å². The van der Waals surface area contributed by atoms with Crippen molar-refractivity contribution in [3.8, 4) is 0 Å². The minimum atomic E-state index is -0.670. The number of rotatable bonds is 61. The average Bonchev–Trinajstić information content (AvgIpc) is 3.40. The predicted octanol–water partition coefficient (Wildman–Crippen LogP) is 20.9. The van der Waals surface area contributed by atoms with Gasteiger partial charge in [-0.15, -0.1) is 0 Å². The van der Waals surface area contributed by atoms with Crippen molar-refractivity contribution in [1.82, 2.24) is 5.32 Å². The van der Waals surface area contributed by atoms with E-state index in [1.807, 2.05) is 0 Å². The lowest BCUT2D eigenvalue weighted by Crippen LogP contribution is -2.45. The van der Waals surface area contributed by atoms with Crippen molar-refractivity contribution in [3.63, 3.8) is 0 Å². The molecule has 434 valence electrons. The third-order valence-electron chi connectivity index (χ3n) is 15.1. The van der Waals surface area contributed by atoms with Crippen molar-refractivity contribution in [1.29, 1.82) is 0 Å². The molecule has 0 aliphatic heterocycles. The fraction of sp³-hybridized carbons (Fsp3) is 0.853. The van der Waals surface area contributed by atoms with Gasteiger partial charge in [0.15, 0.2) is 0 Å². The summed E-state index contributed by atoms with van der Waals surface area (Å²) in [7, 11) is 0. The summed E-state index contributed by atoms with van der Waals surface area (Å²) in [5.41, 5.74) is 0. The van der Waals surface area contributed by atoms with Gasteiger partial charge in [-0.25, -0.2) is 0 Å². The Bertz CT molecular complexity index is 1240. The quantitative estimate of drug-likeness (QED) is 0.0320. The normalized spacial score (nSPS) is 12.9. The number of amides is 1. The van der Waals surface area contributed by atoms with Gasteiger partial charge in [0.1, 0.15) is 0 Å². The summed E-state index contributed by atoms with van der Waals surface area (Å²) in [6, 6.07) is -0.547. The van der Waals surface area contributed by atoms with E-state index in [0.29, 0.717) is 25.9 Å². The van der Waals surface area contributed by atoms with Crippen molar-refractivity contribution < 1.29 is 24.5 Å². The maximum absolute atomic E-state index is 12.5. The molecule has 0 rings (SSSR count). The first-order valence-corrected chi connectivity index (χ1v) is 32.9. The van der Waals surface area contributed by atoms with Crippen molar-refractivity contribution in [2.24, 2.45) is 0 Å². The standard InChI is InChI=1S/C68H127NO5/c1-3-5-7-9-11-13-15-17-19-20-21-23-26-29-33-36-40-44-48-52-56-60-66(71)65(64-70)69-67(72)61-57-53-49-45-41-37-34-30-27-24-22-25-28-31-35-39-43-47-51-55-59-63-74-68(73)62-58-54-50-46-42-38-32-18-16-14-12-10-8-6-4-2/h12,14,18,32,39,43,51,55,65-66,70-71H,3-11,13,15-17,19-31,33-38,40-42,44-50,52-54,56-64H2,1-2H3,(H,69,72)/b14-12-,32-18-,43-39-,55-51-. The molecule has 0 saturated heterocycles. The summed E-state index contributed by atoms with van der Waals surface area (Å²) in [6.45, 7) is 4.83. The Hall–Kier alpha value is -2.18. The number of nitrogens with one attached hydrogen (secondary N) is 1. The SMILES string of the molecule is CCCCC/C=C\C/C=C\CCCCCCCC(=O)OCC/C=C\C/C=C\CCCCCCCCCCCCCCCCC(=O)NC(CO)C(O)CCCCCCCCCCCCCCCCCCCCCCC. The molecular weight excluding hydrogens is 911 g/mol. The smallest absolute Gasteiger partial charge is 0.305 e. The second-order valence-electron chi connectivity index (χ2n) is 22.4. The van der Waals surface area contributed by atoms with E-state index in [4.69, 9.17) is 4.74 Å². The van der Waals surface area contributed by atoms with Gasteiger partial charge in [-0.2, -0.15) is 0 Å². The van der Waals surface area contributed by atoms with E-state index < -0.39 is 12.1 Å². The van der Waals surface area contributed by atoms with E-state index in [9.17, 15) is 19.8 Å². The highest BCUT2D eigenvalue weighted by Gasteiger charge is 2.20. The van der Waals surface area contributed by atoms with Crippen LogP contribution in [0.3, 0.4) is 0 Å². The van der Waals surface area contributed by atoms with E-state index in [2.05, 4.69) is 67.8 Å². The summed E-state index contributed by atoms with van der Waals surface area (Å²) < 4.78 is 5.41. The highest BCUT2D eigenvalue weighted by molar-refractivity contribution is 5.76. The third kappa shape index (κ3) is 59.1. The van der Waals surface area contributed by atoms with E-state index in [0.717, 1.165) is 64.2 Å². The van der Waals surface area contributed by atoms with Crippen LogP contribution >= 0.6 is 0 Å². The number of allylic oxidation sites excluding steroid dienone is 7. The number of hydrogen-bond acceptors (Lipinski definition) is 5. The third-order valence-corrected chi connectivity index (χ3v) is 15.1. The lowest BCUT2D eigenvalue weighted by Gasteiger charge is -2.22. The van der Waals surface area contributed by atoms with E-state index in [-0.39, 0.29) is 18.5 Å². The first kappa shape index (κ1) is 71.8. The molecule has 1 amide bonds. The number of aliphatic hydroxyl groups excluding tert-OH is 2. The van der Waals surface area contributed by atoms with Crippen LogP contribution in [0.25, 0.3) is 0 Å². The number of unbranched alkanes of at least 4 members (excludes halogenated alkanes) is 42. The zero-order valence-corrected chi connectivity index (χ0v) is 49.6. The van der Waals surface area contributed by atoms with Crippen LogP contribution < -0.4 is 5.32 Å². The predicted molar refractivity (Wildman–Crippen MR) is 324 cm³/mol. The molecule has 2 atom stereocenters. The number of carbonyl (C=O) groups is 2. The van der Waals surface area contributed by atoms with Crippen molar-refractivity contribution >= 4 is 11.9 Å². The lowest BCUT2D eigenvalue weighted by molar-refractivity contribution is -0.143. The summed E-state index contributed by atoms with van der Waals surface area (Å²) >= 11 is 0. The van der Waals surface area contributed by atoms with Gasteiger partial charge in [0, 0.05) is 12.8 Å². The van der Waals surface area contributed by atoms with Crippen LogP contribution in [0.1, 0.15) is 348 Å². The summed E-state index contributed by atoms with van der Waals surface area (Å²) in [4.78, 5) is 24.6. The zero-order valence-electron chi connectivity index (χ0n) is 49.6. The fourth-order valence-electron chi connectivity index (χ4n) is 10.1. The molecule has 0 bridgehead atoms. The van der Waals surface area contributed by atoms with Crippen LogP contribution in [0.15, 0.2) is 48.6 Å². The van der Waals surface area contributed by atoms with Crippen LogP contribution in [0.4, 0.5) is 0 Å². The maximum atomic E-state index is 12.5. The van der Waals surface area contributed by atoms with E-state index in [1.54, 1.807) is 0 Å². The van der Waals surface area contributed by atoms with Gasteiger partial charge in [0.2, 0.25) is 5.91 Å². The number of hydrogen-bond donors (Lipinski definition) is 3. The molecule has 2 unspecified atom stereocenters. The Balaban J connectivity index is 3.46. The number of esters is 1. The van der Waals surface area contributed by atoms with E-state index in [1.165, 1.54) is 250 Å². The van der Waals surface area contributed by atoms with Gasteiger partial charge in [0.25, 0.3) is 0 Å². The molecule has 6 heteroatoms. The molecule has 0 aliphatic carbocycles. The highest BCUT2D eigenvalue weighted by Crippen LogP contribution is 2.18. The molecular formula is C68H127NO5. The average molecular weight is 1040 g/mol. The lowest BCUT2D eigenvalue weighted by atomic mass is 10.0. The summed E-state index contributed by atoms with van der Waals surface area (Å²) in [6.07, 6.45) is 81.4. The van der Waals surface area contributed by atoms with E-state index >= 15 is 0 Å². The molecule has 0 aliphatic rings. The van der Waals surface area contributed by atoms with Gasteiger partial charge < -0.3 is 20.3 Å². The minimum Gasteiger partial charge on any atom is -0.465 e. The van der Waals surface area contributed by atoms with Gasteiger partial charge in [-0.1, -0.05) is 306 Å². The van der Waals surface area contributed by atoms with Crippen LogP contribution in [0, 0.1) is 0 Å². The Morgan fingerprint density at radius 2 is 0.676 bits per heavy atom. The monoisotopic (exact) mass is 1040 g/mol. The first-order chi connectivity index (χ1) is 36.5. The molecule has 0 aromatic rings. The second kappa shape index (κ2) is 63.4. The first-order valence-electron chi connectivity index (χ1n) is 32.9.